The Bertz CT molecular complexity index is 449. The molecule has 0 amide bonds. The molecule has 0 aliphatic rings. The van der Waals surface area contributed by atoms with E-state index in [0.717, 1.165) is 12.8 Å². The molecule has 1 heterocycles. The number of carbonyl (C=O) groups is 1. The molecule has 1 N–H and O–H groups in total. The molecule has 0 aliphatic carbocycles. The van der Waals surface area contributed by atoms with Crippen molar-refractivity contribution in [2.75, 3.05) is 0 Å². The first kappa shape index (κ1) is 15.4. The summed E-state index contributed by atoms with van der Waals surface area (Å²) in [4.78, 5) is 15.0. The minimum absolute atomic E-state index is 0.0546. The fourth-order valence-electron chi connectivity index (χ4n) is 1.79. The molecule has 1 rings (SSSR count). The van der Waals surface area contributed by atoms with Crippen molar-refractivity contribution in [2.24, 2.45) is 0 Å². The lowest BCUT2D eigenvalue weighted by molar-refractivity contribution is -0.132. The summed E-state index contributed by atoms with van der Waals surface area (Å²) in [5.41, 5.74) is -0.0967. The van der Waals surface area contributed by atoms with Crippen LogP contribution in [-0.4, -0.2) is 21.2 Å². The summed E-state index contributed by atoms with van der Waals surface area (Å²) < 4.78 is 5.09. The number of nitrogens with zero attached hydrogens (tertiary/aromatic N) is 2. The number of hydrogen-bond acceptors (Lipinski definition) is 4. The normalized spacial score (nSPS) is 11.5. The highest BCUT2D eigenvalue weighted by Gasteiger charge is 2.26. The summed E-state index contributed by atoms with van der Waals surface area (Å²) in [6.45, 7) is 9.76. The Morgan fingerprint density at radius 1 is 1.42 bits per heavy atom. The van der Waals surface area contributed by atoms with E-state index in [4.69, 9.17) is 9.63 Å². The van der Waals surface area contributed by atoms with Gasteiger partial charge in [-0.15, -0.1) is 0 Å². The lowest BCUT2D eigenvalue weighted by Gasteiger charge is -2.19. The molecule has 19 heavy (non-hydrogen) atoms. The molecule has 5 heteroatoms. The Labute approximate surface area is 113 Å². The van der Waals surface area contributed by atoms with Crippen LogP contribution in [0.2, 0.25) is 0 Å². The monoisotopic (exact) mass is 266 g/mol. The van der Waals surface area contributed by atoms with Gasteiger partial charge in [-0.25, -0.2) is 4.79 Å². The second-order valence-electron chi connectivity index (χ2n) is 5.44. The molecule has 5 nitrogen and oxygen atoms in total. The molecular formula is C14H22N2O3. The predicted octanol–water partition coefficient (Wildman–Crippen LogP) is 3.11. The zero-order valence-corrected chi connectivity index (χ0v) is 11.9. The maximum absolute atomic E-state index is 10.7. The number of aliphatic carboxylic acids is 1. The van der Waals surface area contributed by atoms with E-state index < -0.39 is 5.97 Å². The Balaban J connectivity index is 2.67. The molecule has 0 unspecified atom stereocenters. The molecule has 0 bridgehead atoms. The van der Waals surface area contributed by atoms with E-state index in [-0.39, 0.29) is 17.4 Å². The molecule has 0 aromatic carbocycles. The van der Waals surface area contributed by atoms with Crippen molar-refractivity contribution in [2.45, 2.75) is 58.3 Å². The van der Waals surface area contributed by atoms with Crippen LogP contribution in [0.4, 0.5) is 0 Å². The van der Waals surface area contributed by atoms with Crippen molar-refractivity contribution >= 4 is 5.97 Å². The largest absolute Gasteiger partial charge is 0.478 e. The first-order chi connectivity index (χ1) is 8.86. The maximum Gasteiger partial charge on any atom is 0.331 e. The van der Waals surface area contributed by atoms with Gasteiger partial charge in [0, 0.05) is 11.0 Å². The highest BCUT2D eigenvalue weighted by atomic mass is 16.5. The van der Waals surface area contributed by atoms with E-state index in [9.17, 15) is 4.79 Å². The number of unbranched alkanes of at least 4 members (excludes halogenated alkanes) is 2. The third kappa shape index (κ3) is 4.50. The standard InChI is InChI=1S/C14H22N2O3/c1-5-6-7-8-14(3,4)13-15-11(19-16-13)9-10(2)12(17)18/h2,5-9H2,1,3-4H3,(H,17,18). The highest BCUT2D eigenvalue weighted by molar-refractivity contribution is 5.86. The van der Waals surface area contributed by atoms with Gasteiger partial charge in [0.2, 0.25) is 5.89 Å². The predicted molar refractivity (Wildman–Crippen MR) is 71.9 cm³/mol. The third-order valence-electron chi connectivity index (χ3n) is 3.15. The van der Waals surface area contributed by atoms with Crippen molar-refractivity contribution in [1.29, 1.82) is 0 Å². The molecule has 0 spiro atoms. The second kappa shape index (κ2) is 6.50. The van der Waals surface area contributed by atoms with Gasteiger partial charge in [-0.1, -0.05) is 51.8 Å². The second-order valence-corrected chi connectivity index (χ2v) is 5.44. The molecule has 106 valence electrons. The summed E-state index contributed by atoms with van der Waals surface area (Å²) in [6.07, 6.45) is 4.55. The van der Waals surface area contributed by atoms with Crippen molar-refractivity contribution in [3.05, 3.63) is 23.9 Å². The quantitative estimate of drug-likeness (QED) is 0.578. The van der Waals surface area contributed by atoms with Crippen molar-refractivity contribution in [1.82, 2.24) is 10.1 Å². The van der Waals surface area contributed by atoms with E-state index in [2.05, 4.69) is 37.5 Å². The molecule has 0 aliphatic heterocycles. The fourth-order valence-corrected chi connectivity index (χ4v) is 1.79. The molecule has 0 radical (unpaired) electrons. The lowest BCUT2D eigenvalue weighted by atomic mass is 9.86. The molecule has 0 fully saturated rings. The summed E-state index contributed by atoms with van der Waals surface area (Å²) in [5.74, 6) is -0.0929. The zero-order valence-electron chi connectivity index (χ0n) is 11.9. The molecule has 1 aromatic rings. The highest BCUT2D eigenvalue weighted by Crippen LogP contribution is 2.27. The van der Waals surface area contributed by atoms with Crippen LogP contribution in [0.1, 0.15) is 58.2 Å². The van der Waals surface area contributed by atoms with Crippen LogP contribution in [0.15, 0.2) is 16.7 Å². The van der Waals surface area contributed by atoms with Crippen LogP contribution >= 0.6 is 0 Å². The Morgan fingerprint density at radius 2 is 2.11 bits per heavy atom. The Hall–Kier alpha value is -1.65. The Morgan fingerprint density at radius 3 is 2.68 bits per heavy atom. The Kier molecular flexibility index (Phi) is 5.27. The summed E-state index contributed by atoms with van der Waals surface area (Å²) >= 11 is 0. The minimum atomic E-state index is -1.04. The van der Waals surface area contributed by atoms with Crippen LogP contribution in [0.25, 0.3) is 0 Å². The number of hydrogen-bond donors (Lipinski definition) is 1. The van der Waals surface area contributed by atoms with Crippen LogP contribution < -0.4 is 0 Å². The van der Waals surface area contributed by atoms with E-state index in [0.29, 0.717) is 11.7 Å². The first-order valence-corrected chi connectivity index (χ1v) is 6.61. The van der Waals surface area contributed by atoms with Crippen molar-refractivity contribution in [3.8, 4) is 0 Å². The summed E-state index contributed by atoms with van der Waals surface area (Å²) in [5, 5.41) is 12.7. The van der Waals surface area contributed by atoms with E-state index >= 15 is 0 Å². The average Bonchev–Trinajstić information content (AvgIpc) is 2.78. The van der Waals surface area contributed by atoms with Gasteiger partial charge >= 0.3 is 5.97 Å². The van der Waals surface area contributed by atoms with Crippen LogP contribution in [0.5, 0.6) is 0 Å². The maximum atomic E-state index is 10.7. The van der Waals surface area contributed by atoms with Gasteiger partial charge in [0.1, 0.15) is 0 Å². The van der Waals surface area contributed by atoms with Gasteiger partial charge in [0.25, 0.3) is 0 Å². The average molecular weight is 266 g/mol. The van der Waals surface area contributed by atoms with Crippen molar-refractivity contribution in [3.63, 3.8) is 0 Å². The fraction of sp³-hybridized carbons (Fsp3) is 0.643. The van der Waals surface area contributed by atoms with Crippen LogP contribution in [0, 0.1) is 0 Å². The molecule has 0 atom stereocenters. The summed E-state index contributed by atoms with van der Waals surface area (Å²) in [6, 6.07) is 0. The number of carboxylic acid groups (broad SMARTS) is 1. The van der Waals surface area contributed by atoms with Gasteiger partial charge in [-0.2, -0.15) is 4.98 Å². The van der Waals surface area contributed by atoms with Crippen LogP contribution in [0.3, 0.4) is 0 Å². The van der Waals surface area contributed by atoms with Gasteiger partial charge < -0.3 is 9.63 Å². The van der Waals surface area contributed by atoms with Gasteiger partial charge in [-0.05, 0) is 6.42 Å². The van der Waals surface area contributed by atoms with E-state index in [1.54, 1.807) is 0 Å². The van der Waals surface area contributed by atoms with Gasteiger partial charge in [0.15, 0.2) is 5.82 Å². The van der Waals surface area contributed by atoms with Gasteiger partial charge in [-0.3, -0.25) is 0 Å². The third-order valence-corrected chi connectivity index (χ3v) is 3.15. The molecular weight excluding hydrogens is 244 g/mol. The van der Waals surface area contributed by atoms with Crippen LogP contribution in [-0.2, 0) is 16.6 Å². The topological polar surface area (TPSA) is 76.2 Å². The van der Waals surface area contributed by atoms with Crippen molar-refractivity contribution < 1.29 is 14.4 Å². The zero-order chi connectivity index (χ0) is 14.5. The van der Waals surface area contributed by atoms with E-state index in [1.807, 2.05) is 0 Å². The lowest BCUT2D eigenvalue weighted by Crippen LogP contribution is -2.19. The number of rotatable bonds is 8. The number of carboxylic acids is 1. The van der Waals surface area contributed by atoms with Gasteiger partial charge in [0.05, 0.1) is 6.42 Å². The minimum Gasteiger partial charge on any atom is -0.478 e. The number of aromatic nitrogens is 2. The smallest absolute Gasteiger partial charge is 0.331 e. The molecule has 0 saturated carbocycles. The first-order valence-electron chi connectivity index (χ1n) is 6.61. The molecule has 1 aromatic heterocycles. The molecule has 0 saturated heterocycles. The SMILES string of the molecule is C=C(Cc1nc(C(C)(C)CCCCC)no1)C(=O)O. The summed E-state index contributed by atoms with van der Waals surface area (Å²) in [7, 11) is 0. The van der Waals surface area contributed by atoms with E-state index in [1.165, 1.54) is 12.8 Å².